The van der Waals surface area contributed by atoms with Crippen LogP contribution in [0, 0.1) is 5.82 Å². The number of hydrogen-bond acceptors (Lipinski definition) is 9. The minimum Gasteiger partial charge on any atom is -0.490 e. The van der Waals surface area contributed by atoms with Crippen molar-refractivity contribution >= 4 is 29.0 Å². The zero-order valence-electron chi connectivity index (χ0n) is 26.1. The minimum atomic E-state index is -1.21. The number of ether oxygens (including phenoxy) is 4. The van der Waals surface area contributed by atoms with Crippen molar-refractivity contribution in [1.29, 1.82) is 0 Å². The van der Waals surface area contributed by atoms with Gasteiger partial charge in [-0.15, -0.1) is 0 Å². The Balaban J connectivity index is 1.28. The first-order chi connectivity index (χ1) is 22.8. The van der Waals surface area contributed by atoms with Crippen LogP contribution in [0.3, 0.4) is 0 Å². The van der Waals surface area contributed by atoms with E-state index < -0.39 is 24.3 Å². The summed E-state index contributed by atoms with van der Waals surface area (Å²) in [5.41, 5.74) is 4.93. The Labute approximate surface area is 271 Å². The molecule has 244 valence electrons. The maximum absolute atomic E-state index is 14.2. The number of aliphatic hydroxyl groups is 1. The Morgan fingerprint density at radius 1 is 1.02 bits per heavy atom. The lowest BCUT2D eigenvalue weighted by atomic mass is 9.95. The SMILES string of the molecule is CCOc1cc([C@H]2NC(=O)NC(C)=C2C(=O)OC)ccc1OC[C@@H](O)N/N=C/c1c(OCc2ccccc2F)ccc2ccccc12. The predicted molar refractivity (Wildman–Crippen MR) is 174 cm³/mol. The first kappa shape index (κ1) is 32.8. The van der Waals surface area contributed by atoms with Crippen LogP contribution >= 0.6 is 0 Å². The van der Waals surface area contributed by atoms with Crippen molar-refractivity contribution in [2.75, 3.05) is 20.3 Å². The number of nitrogens with one attached hydrogen (secondary N) is 3. The summed E-state index contributed by atoms with van der Waals surface area (Å²) in [7, 11) is 1.27. The molecule has 0 saturated carbocycles. The number of fused-ring (bicyclic) bond motifs is 1. The number of aliphatic hydroxyl groups excluding tert-OH is 1. The van der Waals surface area contributed by atoms with Crippen molar-refractivity contribution in [3.63, 3.8) is 0 Å². The van der Waals surface area contributed by atoms with E-state index in [1.165, 1.54) is 19.4 Å². The Morgan fingerprint density at radius 2 is 1.79 bits per heavy atom. The van der Waals surface area contributed by atoms with Crippen molar-refractivity contribution in [1.82, 2.24) is 16.1 Å². The number of methoxy groups -OCH3 is 1. The van der Waals surface area contributed by atoms with Crippen molar-refractivity contribution in [3.05, 3.63) is 113 Å². The van der Waals surface area contributed by atoms with Crippen LogP contribution in [0.4, 0.5) is 9.18 Å². The molecule has 0 saturated heterocycles. The number of carbonyl (C=O) groups is 2. The second-order valence-corrected chi connectivity index (χ2v) is 10.5. The summed E-state index contributed by atoms with van der Waals surface area (Å²) in [5, 5.41) is 22.0. The van der Waals surface area contributed by atoms with Crippen molar-refractivity contribution < 1.29 is 38.0 Å². The average Bonchev–Trinajstić information content (AvgIpc) is 3.07. The van der Waals surface area contributed by atoms with E-state index in [0.717, 1.165) is 10.8 Å². The van der Waals surface area contributed by atoms with Gasteiger partial charge in [-0.1, -0.05) is 54.6 Å². The fraction of sp³-hybridized carbons (Fsp3) is 0.229. The van der Waals surface area contributed by atoms with Gasteiger partial charge >= 0.3 is 12.0 Å². The molecule has 5 rings (SSSR count). The number of carbonyl (C=O) groups excluding carboxylic acids is 2. The van der Waals surface area contributed by atoms with Crippen molar-refractivity contribution in [3.8, 4) is 17.2 Å². The maximum atomic E-state index is 14.2. The summed E-state index contributed by atoms with van der Waals surface area (Å²) >= 11 is 0. The molecule has 2 atom stereocenters. The quantitative estimate of drug-likeness (QED) is 0.0686. The van der Waals surface area contributed by atoms with Gasteiger partial charge < -0.3 is 34.7 Å². The highest BCUT2D eigenvalue weighted by Crippen LogP contribution is 2.35. The van der Waals surface area contributed by atoms with Crippen LogP contribution in [0.1, 0.15) is 36.6 Å². The first-order valence-electron chi connectivity index (χ1n) is 14.9. The first-order valence-corrected chi connectivity index (χ1v) is 14.9. The van der Waals surface area contributed by atoms with Crippen LogP contribution in [-0.4, -0.2) is 49.9 Å². The molecule has 0 spiro atoms. The van der Waals surface area contributed by atoms with Gasteiger partial charge in [0.1, 0.15) is 24.8 Å². The van der Waals surface area contributed by atoms with Gasteiger partial charge in [-0.3, -0.25) is 5.43 Å². The molecule has 11 nitrogen and oxygen atoms in total. The molecule has 4 aromatic carbocycles. The highest BCUT2D eigenvalue weighted by atomic mass is 19.1. The molecule has 1 aliphatic rings. The average molecular weight is 643 g/mol. The molecular weight excluding hydrogens is 607 g/mol. The van der Waals surface area contributed by atoms with Crippen LogP contribution < -0.4 is 30.3 Å². The summed E-state index contributed by atoms with van der Waals surface area (Å²) in [6.45, 7) is 3.57. The molecular formula is C35H35FN4O7. The smallest absolute Gasteiger partial charge is 0.337 e. The summed E-state index contributed by atoms with van der Waals surface area (Å²) < 4.78 is 36.7. The van der Waals surface area contributed by atoms with Gasteiger partial charge in [-0.05, 0) is 54.4 Å². The predicted octanol–water partition coefficient (Wildman–Crippen LogP) is 5.08. The summed E-state index contributed by atoms with van der Waals surface area (Å²) in [6, 6.07) is 21.5. The molecule has 0 fully saturated rings. The topological polar surface area (TPSA) is 140 Å². The minimum absolute atomic E-state index is 0.0284. The standard InChI is InChI=1S/C35H35FN4O7/c1-4-45-30-17-23(33-32(34(42)44-3)21(2)38-35(43)39-33)14-16-29(30)47-20-31(41)40-37-18-26-25-11-7-5-9-22(25)13-15-28(26)46-19-24-10-6-8-12-27(24)36/h5-18,31,33,40-41H,4,19-20H2,1-3H3,(H2,38,39,43)/b37-18+/t31-,33-/m1/s1. The fourth-order valence-corrected chi connectivity index (χ4v) is 5.12. The molecule has 0 radical (unpaired) electrons. The zero-order chi connectivity index (χ0) is 33.3. The molecule has 0 bridgehead atoms. The molecule has 0 unspecified atom stereocenters. The van der Waals surface area contributed by atoms with Gasteiger partial charge in [-0.25, -0.2) is 14.0 Å². The van der Waals surface area contributed by atoms with Gasteiger partial charge in [-0.2, -0.15) is 5.10 Å². The lowest BCUT2D eigenvalue weighted by molar-refractivity contribution is -0.136. The third-order valence-electron chi connectivity index (χ3n) is 7.36. The highest BCUT2D eigenvalue weighted by molar-refractivity contribution is 6.02. The molecule has 0 aliphatic carbocycles. The number of allylic oxidation sites excluding steroid dienone is 1. The zero-order valence-corrected chi connectivity index (χ0v) is 26.1. The number of hydrogen-bond donors (Lipinski definition) is 4. The van der Waals surface area contributed by atoms with E-state index in [4.69, 9.17) is 18.9 Å². The molecule has 4 aromatic rings. The lowest BCUT2D eigenvalue weighted by Crippen LogP contribution is -2.45. The Kier molecular flexibility index (Phi) is 10.5. The summed E-state index contributed by atoms with van der Waals surface area (Å²) in [4.78, 5) is 24.7. The highest BCUT2D eigenvalue weighted by Gasteiger charge is 2.32. The molecule has 2 amide bonds. The monoisotopic (exact) mass is 642 g/mol. The van der Waals surface area contributed by atoms with E-state index in [2.05, 4.69) is 21.2 Å². The molecule has 47 heavy (non-hydrogen) atoms. The third kappa shape index (κ3) is 7.79. The largest absolute Gasteiger partial charge is 0.490 e. The number of halogens is 1. The van der Waals surface area contributed by atoms with Crippen molar-refractivity contribution in [2.45, 2.75) is 32.7 Å². The maximum Gasteiger partial charge on any atom is 0.337 e. The number of benzene rings is 4. The third-order valence-corrected chi connectivity index (χ3v) is 7.36. The van der Waals surface area contributed by atoms with E-state index in [1.807, 2.05) is 30.3 Å². The van der Waals surface area contributed by atoms with E-state index in [0.29, 0.717) is 46.2 Å². The normalized spacial score (nSPS) is 15.2. The van der Waals surface area contributed by atoms with Crippen molar-refractivity contribution in [2.24, 2.45) is 5.10 Å². The molecule has 4 N–H and O–H groups in total. The molecule has 1 aliphatic heterocycles. The lowest BCUT2D eigenvalue weighted by Gasteiger charge is -2.28. The van der Waals surface area contributed by atoms with Crippen LogP contribution in [0.5, 0.6) is 17.2 Å². The second kappa shape index (κ2) is 15.1. The van der Waals surface area contributed by atoms with Gasteiger partial charge in [0.15, 0.2) is 17.7 Å². The van der Waals surface area contributed by atoms with Crippen LogP contribution in [0.2, 0.25) is 0 Å². The number of urea groups is 1. The van der Waals surface area contributed by atoms with Gasteiger partial charge in [0, 0.05) is 16.8 Å². The van der Waals surface area contributed by atoms with Crippen LogP contribution in [0.25, 0.3) is 10.8 Å². The number of rotatable bonds is 13. The summed E-state index contributed by atoms with van der Waals surface area (Å²) in [6.07, 6.45) is 0.322. The van der Waals surface area contributed by atoms with Gasteiger partial charge in [0.05, 0.1) is 31.5 Å². The van der Waals surface area contributed by atoms with Gasteiger partial charge in [0.2, 0.25) is 0 Å². The number of nitrogens with zero attached hydrogens (tertiary/aromatic N) is 1. The summed E-state index contributed by atoms with van der Waals surface area (Å²) in [5.74, 6) is 0.239. The number of hydrazone groups is 1. The second-order valence-electron chi connectivity index (χ2n) is 10.5. The Bertz CT molecular complexity index is 1830. The number of amides is 2. The molecule has 1 heterocycles. The van der Waals surface area contributed by atoms with E-state index in [9.17, 15) is 19.1 Å². The van der Waals surface area contributed by atoms with E-state index in [-0.39, 0.29) is 24.6 Å². The Morgan fingerprint density at radius 3 is 2.57 bits per heavy atom. The number of esters is 1. The van der Waals surface area contributed by atoms with Crippen LogP contribution in [-0.2, 0) is 16.1 Å². The fourth-order valence-electron chi connectivity index (χ4n) is 5.12. The van der Waals surface area contributed by atoms with Gasteiger partial charge in [0.25, 0.3) is 0 Å². The molecule has 12 heteroatoms. The Hall–Kier alpha value is -5.62. The van der Waals surface area contributed by atoms with Crippen LogP contribution in [0.15, 0.2) is 95.2 Å². The van der Waals surface area contributed by atoms with E-state index in [1.54, 1.807) is 56.3 Å². The molecule has 0 aromatic heterocycles. The van der Waals surface area contributed by atoms with E-state index >= 15 is 0 Å².